The molecule has 0 unspecified atom stereocenters. The Kier molecular flexibility index (Phi) is 10.5. The van der Waals surface area contributed by atoms with Gasteiger partial charge in [-0.2, -0.15) is 0 Å². The quantitative estimate of drug-likeness (QED) is 0.487. The lowest BCUT2D eigenvalue weighted by Crippen LogP contribution is -2.34. The van der Waals surface area contributed by atoms with E-state index in [1.165, 1.54) is 12.8 Å². The molecule has 0 aromatic carbocycles. The van der Waals surface area contributed by atoms with Crippen molar-refractivity contribution in [2.45, 2.75) is 39.2 Å². The van der Waals surface area contributed by atoms with Gasteiger partial charge in [0.2, 0.25) is 5.91 Å². The fraction of sp³-hybridized carbons (Fsp3) is 0.923. The molecule has 1 amide bonds. The van der Waals surface area contributed by atoms with Gasteiger partial charge in [0.05, 0.1) is 6.54 Å². The molecule has 0 aliphatic carbocycles. The van der Waals surface area contributed by atoms with Crippen LogP contribution in [0.25, 0.3) is 0 Å². The van der Waals surface area contributed by atoms with Gasteiger partial charge in [-0.15, -0.1) is 0 Å². The number of nitrogens with one attached hydrogen (secondary N) is 1. The first-order valence-corrected chi connectivity index (χ1v) is 7.88. The molecule has 0 saturated heterocycles. The molecule has 0 fully saturated rings. The van der Waals surface area contributed by atoms with E-state index in [1.54, 1.807) is 11.9 Å². The second kappa shape index (κ2) is 10.6. The topological polar surface area (TPSA) is 35.6 Å². The van der Waals surface area contributed by atoms with Crippen molar-refractivity contribution in [1.29, 1.82) is 0 Å². The van der Waals surface area contributed by atoms with Crippen LogP contribution in [-0.4, -0.2) is 61.1 Å². The molecule has 0 aromatic rings. The maximum atomic E-state index is 11.8. The van der Waals surface area contributed by atoms with Gasteiger partial charge < -0.3 is 10.2 Å². The molecule has 0 radical (unpaired) electrons. The fourth-order valence-electron chi connectivity index (χ4n) is 1.54. The minimum atomic E-state index is 0.201. The lowest BCUT2D eigenvalue weighted by molar-refractivity contribution is -0.129. The zero-order chi connectivity index (χ0) is 14.0. The van der Waals surface area contributed by atoms with Crippen LogP contribution in [0.3, 0.4) is 0 Å². The summed E-state index contributed by atoms with van der Waals surface area (Å²) in [4.78, 5) is 13.6. The molecule has 0 spiro atoms. The van der Waals surface area contributed by atoms with Gasteiger partial charge in [0.15, 0.2) is 0 Å². The Bertz CT molecular complexity index is 224. The summed E-state index contributed by atoms with van der Waals surface area (Å²) in [5, 5.41) is 3.40. The monoisotopic (exact) mass is 275 g/mol. The summed E-state index contributed by atoms with van der Waals surface area (Å²) in [7, 11) is 3.83. The second-order valence-corrected chi connectivity index (χ2v) is 5.94. The summed E-state index contributed by atoms with van der Waals surface area (Å²) in [5.74, 6) is 0.201. The first kappa shape index (κ1) is 17.7. The summed E-state index contributed by atoms with van der Waals surface area (Å²) in [6.45, 7) is 6.75. The van der Waals surface area contributed by atoms with Gasteiger partial charge in [-0.25, -0.2) is 4.31 Å². The van der Waals surface area contributed by atoms with Crippen LogP contribution < -0.4 is 5.32 Å². The third-order valence-electron chi connectivity index (χ3n) is 2.82. The van der Waals surface area contributed by atoms with Crippen LogP contribution >= 0.6 is 11.9 Å². The van der Waals surface area contributed by atoms with Crippen LogP contribution in [0.2, 0.25) is 0 Å². The van der Waals surface area contributed by atoms with Crippen LogP contribution in [0.1, 0.15) is 33.1 Å². The summed E-state index contributed by atoms with van der Waals surface area (Å²) < 4.78 is 1.95. The predicted molar refractivity (Wildman–Crippen MR) is 80.8 cm³/mol. The number of unbranched alkanes of at least 4 members (excludes halogenated alkanes) is 2. The molecule has 4 nitrogen and oxygen atoms in total. The highest BCUT2D eigenvalue weighted by Crippen LogP contribution is 2.02. The van der Waals surface area contributed by atoms with Gasteiger partial charge in [0.1, 0.15) is 0 Å². The van der Waals surface area contributed by atoms with E-state index in [0.29, 0.717) is 12.6 Å². The second-order valence-electron chi connectivity index (χ2n) is 4.95. The van der Waals surface area contributed by atoms with Gasteiger partial charge >= 0.3 is 0 Å². The number of carbonyl (C=O) groups excluding carboxylic acids is 1. The Morgan fingerprint density at radius 3 is 2.44 bits per heavy atom. The van der Waals surface area contributed by atoms with Crippen LogP contribution in [-0.2, 0) is 4.79 Å². The average Bonchev–Trinajstić information content (AvgIpc) is 2.32. The van der Waals surface area contributed by atoms with Gasteiger partial charge in [-0.05, 0) is 32.7 Å². The van der Waals surface area contributed by atoms with Gasteiger partial charge in [-0.3, -0.25) is 4.79 Å². The molecule has 5 heteroatoms. The summed E-state index contributed by atoms with van der Waals surface area (Å²) in [6.07, 6.45) is 5.43. The van der Waals surface area contributed by atoms with Crippen molar-refractivity contribution in [1.82, 2.24) is 14.5 Å². The largest absolute Gasteiger partial charge is 0.345 e. The maximum absolute atomic E-state index is 11.8. The molecule has 0 aliphatic heterocycles. The van der Waals surface area contributed by atoms with E-state index in [1.807, 2.05) is 29.6 Å². The molecule has 0 saturated carbocycles. The first-order valence-electron chi connectivity index (χ1n) is 6.70. The van der Waals surface area contributed by atoms with E-state index in [0.717, 1.165) is 19.5 Å². The Morgan fingerprint density at radius 1 is 1.22 bits per heavy atom. The highest BCUT2D eigenvalue weighted by Gasteiger charge is 2.10. The highest BCUT2D eigenvalue weighted by atomic mass is 32.2. The van der Waals surface area contributed by atoms with Crippen molar-refractivity contribution in [2.75, 3.05) is 40.0 Å². The minimum Gasteiger partial charge on any atom is -0.345 e. The third-order valence-corrected chi connectivity index (χ3v) is 3.57. The fourth-order valence-corrected chi connectivity index (χ4v) is 1.78. The molecule has 0 bridgehead atoms. The summed E-state index contributed by atoms with van der Waals surface area (Å²) >= 11 is 1.59. The van der Waals surface area contributed by atoms with E-state index in [4.69, 9.17) is 0 Å². The molecule has 1 N–H and O–H groups in total. The number of rotatable bonds is 10. The van der Waals surface area contributed by atoms with E-state index < -0.39 is 0 Å². The van der Waals surface area contributed by atoms with Crippen molar-refractivity contribution in [2.24, 2.45) is 0 Å². The average molecular weight is 275 g/mol. The molecular formula is C13H29N3OS. The summed E-state index contributed by atoms with van der Waals surface area (Å²) in [6, 6.07) is 0.566. The molecule has 108 valence electrons. The standard InChI is InChI=1S/C13H29N3OS/c1-12(2)14-9-7-6-8-10-15(3)13(17)11-16(4)18-5/h12,14H,6-11H2,1-5H3. The van der Waals surface area contributed by atoms with Gasteiger partial charge in [0, 0.05) is 19.6 Å². The normalized spacial score (nSPS) is 11.3. The van der Waals surface area contributed by atoms with Crippen LogP contribution in [0.5, 0.6) is 0 Å². The minimum absolute atomic E-state index is 0.201. The van der Waals surface area contributed by atoms with Crippen molar-refractivity contribution in [3.05, 3.63) is 0 Å². The third kappa shape index (κ3) is 9.74. The van der Waals surface area contributed by atoms with Gasteiger partial charge in [-0.1, -0.05) is 32.2 Å². The van der Waals surface area contributed by atoms with E-state index >= 15 is 0 Å². The van der Waals surface area contributed by atoms with E-state index in [2.05, 4.69) is 19.2 Å². The van der Waals surface area contributed by atoms with E-state index in [-0.39, 0.29) is 5.91 Å². The Morgan fingerprint density at radius 2 is 1.89 bits per heavy atom. The van der Waals surface area contributed by atoms with Crippen molar-refractivity contribution < 1.29 is 4.79 Å². The zero-order valence-electron chi connectivity index (χ0n) is 12.5. The maximum Gasteiger partial charge on any atom is 0.237 e. The number of amides is 1. The molecule has 0 atom stereocenters. The smallest absolute Gasteiger partial charge is 0.237 e. The number of carbonyl (C=O) groups is 1. The Labute approximate surface area is 117 Å². The number of hydrogen-bond acceptors (Lipinski definition) is 4. The zero-order valence-corrected chi connectivity index (χ0v) is 13.3. The molecule has 18 heavy (non-hydrogen) atoms. The predicted octanol–water partition coefficient (Wildman–Crippen LogP) is 1.82. The van der Waals surface area contributed by atoms with Crippen LogP contribution in [0, 0.1) is 0 Å². The Hall–Kier alpha value is -0.260. The van der Waals surface area contributed by atoms with Crippen molar-refractivity contribution in [3.8, 4) is 0 Å². The summed E-state index contributed by atoms with van der Waals surface area (Å²) in [5.41, 5.74) is 0. The number of likely N-dealkylation sites (N-methyl/N-ethyl adjacent to an activating group) is 2. The molecule has 0 aromatic heterocycles. The van der Waals surface area contributed by atoms with E-state index in [9.17, 15) is 4.79 Å². The van der Waals surface area contributed by atoms with Crippen LogP contribution in [0.15, 0.2) is 0 Å². The number of hydrogen-bond donors (Lipinski definition) is 1. The molecular weight excluding hydrogens is 246 g/mol. The lowest BCUT2D eigenvalue weighted by Gasteiger charge is -2.20. The van der Waals surface area contributed by atoms with Crippen molar-refractivity contribution >= 4 is 17.9 Å². The first-order chi connectivity index (χ1) is 8.47. The SMILES string of the molecule is CSN(C)CC(=O)N(C)CCCCCNC(C)C. The highest BCUT2D eigenvalue weighted by molar-refractivity contribution is 7.96. The lowest BCUT2D eigenvalue weighted by atomic mass is 10.2. The molecule has 0 heterocycles. The van der Waals surface area contributed by atoms with Crippen molar-refractivity contribution in [3.63, 3.8) is 0 Å². The molecule has 0 rings (SSSR count). The molecule has 0 aliphatic rings. The van der Waals surface area contributed by atoms with Crippen LogP contribution in [0.4, 0.5) is 0 Å². The number of nitrogens with zero attached hydrogens (tertiary/aromatic N) is 2. The van der Waals surface area contributed by atoms with Gasteiger partial charge in [0.25, 0.3) is 0 Å². The Balaban J connectivity index is 3.52.